The lowest BCUT2D eigenvalue weighted by Crippen LogP contribution is -2.09. The van der Waals surface area contributed by atoms with E-state index in [1.807, 2.05) is 6.07 Å². The monoisotopic (exact) mass is 499 g/mol. The number of nitrogens with one attached hydrogen (secondary N) is 1. The topological polar surface area (TPSA) is 107 Å². The Hall–Kier alpha value is -2.39. The van der Waals surface area contributed by atoms with Crippen LogP contribution in [0.15, 0.2) is 44.2 Å². The van der Waals surface area contributed by atoms with Gasteiger partial charge in [-0.05, 0) is 24.3 Å². The third-order valence-electron chi connectivity index (χ3n) is 3.36. The van der Waals surface area contributed by atoms with E-state index in [-0.39, 0.29) is 13.1 Å². The first kappa shape index (κ1) is 22.7. The second-order valence-electron chi connectivity index (χ2n) is 4.99. The number of carbonyl (C=O) groups excluding carboxylic acids is 1. The van der Waals surface area contributed by atoms with Gasteiger partial charge in [0.1, 0.15) is 11.5 Å². The Morgan fingerprint density at radius 2 is 1.67 bits per heavy atom. The number of halogens is 2. The van der Waals surface area contributed by atoms with E-state index in [1.165, 1.54) is 13.3 Å². The van der Waals surface area contributed by atoms with Crippen molar-refractivity contribution < 1.29 is 14.3 Å². The van der Waals surface area contributed by atoms with Gasteiger partial charge in [0.25, 0.3) is 0 Å². The number of ether oxygens (including phenoxy) is 2. The molecule has 0 saturated heterocycles. The van der Waals surface area contributed by atoms with E-state index in [0.29, 0.717) is 34.6 Å². The molecule has 1 aromatic heterocycles. The molecule has 0 spiro atoms. The summed E-state index contributed by atoms with van der Waals surface area (Å²) >= 11 is 6.58. The van der Waals surface area contributed by atoms with E-state index in [9.17, 15) is 9.59 Å². The molecular formula is C18H19Br2N3O4. The third kappa shape index (κ3) is 5.54. The van der Waals surface area contributed by atoms with Crippen LogP contribution in [0, 0.1) is 0 Å². The van der Waals surface area contributed by atoms with Crippen LogP contribution in [0.2, 0.25) is 0 Å². The number of benzene rings is 2. The summed E-state index contributed by atoms with van der Waals surface area (Å²) in [5, 5.41) is 0.829. The summed E-state index contributed by atoms with van der Waals surface area (Å²) in [5.74, 6) is 1.13. The molecular weight excluding hydrogens is 482 g/mol. The van der Waals surface area contributed by atoms with Crippen molar-refractivity contribution in [2.75, 3.05) is 20.0 Å². The smallest absolute Gasteiger partial charge is 0.345 e. The summed E-state index contributed by atoms with van der Waals surface area (Å²) in [4.78, 5) is 27.8. The number of rotatable bonds is 3. The lowest BCUT2D eigenvalue weighted by molar-refractivity contribution is 0.112. The van der Waals surface area contributed by atoms with Crippen LogP contribution in [0.4, 0.5) is 5.69 Å². The van der Waals surface area contributed by atoms with Gasteiger partial charge in [0.05, 0.1) is 25.4 Å². The number of methoxy groups -OCH3 is 2. The number of anilines is 1. The van der Waals surface area contributed by atoms with Gasteiger partial charge < -0.3 is 20.2 Å². The van der Waals surface area contributed by atoms with E-state index in [4.69, 9.17) is 15.2 Å². The first-order valence-electron chi connectivity index (χ1n) is 7.20. The molecule has 9 heteroatoms. The SMILES string of the molecule is C.COc1cc(Br)cc(C=O)c1N.COc1cc(Br)cc2cnc(=O)[nH]c12. The van der Waals surface area contributed by atoms with Crippen LogP contribution >= 0.6 is 31.9 Å². The van der Waals surface area contributed by atoms with Crippen LogP contribution in [0.25, 0.3) is 10.9 Å². The molecule has 0 fully saturated rings. The maximum absolute atomic E-state index is 11.0. The van der Waals surface area contributed by atoms with Gasteiger partial charge in [-0.1, -0.05) is 39.3 Å². The molecule has 144 valence electrons. The minimum absolute atomic E-state index is 0. The average Bonchev–Trinajstić information content (AvgIpc) is 2.63. The van der Waals surface area contributed by atoms with Gasteiger partial charge in [0, 0.05) is 26.1 Å². The molecule has 0 radical (unpaired) electrons. The Morgan fingerprint density at radius 1 is 1.07 bits per heavy atom. The summed E-state index contributed by atoms with van der Waals surface area (Å²) in [7, 11) is 3.06. The molecule has 0 amide bonds. The van der Waals surface area contributed by atoms with Crippen LogP contribution < -0.4 is 20.9 Å². The van der Waals surface area contributed by atoms with Gasteiger partial charge in [-0.2, -0.15) is 0 Å². The van der Waals surface area contributed by atoms with E-state index in [0.717, 1.165) is 14.3 Å². The van der Waals surface area contributed by atoms with Crippen LogP contribution in [0.5, 0.6) is 11.5 Å². The number of H-pyrrole nitrogens is 1. The van der Waals surface area contributed by atoms with E-state index in [1.54, 1.807) is 25.3 Å². The van der Waals surface area contributed by atoms with E-state index in [2.05, 4.69) is 41.8 Å². The van der Waals surface area contributed by atoms with Crippen LogP contribution in [0.1, 0.15) is 17.8 Å². The van der Waals surface area contributed by atoms with Gasteiger partial charge >= 0.3 is 5.69 Å². The summed E-state index contributed by atoms with van der Waals surface area (Å²) in [6.07, 6.45) is 2.21. The van der Waals surface area contributed by atoms with Crippen molar-refractivity contribution in [3.05, 3.63) is 55.5 Å². The molecule has 3 N–H and O–H groups in total. The number of aldehydes is 1. The molecule has 1 heterocycles. The second kappa shape index (κ2) is 10.1. The molecule has 7 nitrogen and oxygen atoms in total. The maximum Gasteiger partial charge on any atom is 0.345 e. The zero-order valence-corrected chi connectivity index (χ0v) is 17.0. The van der Waals surface area contributed by atoms with Crippen molar-refractivity contribution in [1.82, 2.24) is 9.97 Å². The summed E-state index contributed by atoms with van der Waals surface area (Å²) in [6.45, 7) is 0. The average molecular weight is 501 g/mol. The number of nitrogens with zero attached hydrogens (tertiary/aromatic N) is 1. The Morgan fingerprint density at radius 3 is 2.26 bits per heavy atom. The first-order chi connectivity index (χ1) is 12.4. The van der Waals surface area contributed by atoms with Gasteiger partial charge in [0.15, 0.2) is 6.29 Å². The number of hydrogen-bond donors (Lipinski definition) is 2. The Labute approximate surface area is 173 Å². The summed E-state index contributed by atoms with van der Waals surface area (Å²) in [6, 6.07) is 7.01. The van der Waals surface area contributed by atoms with Crippen molar-refractivity contribution in [2.24, 2.45) is 0 Å². The molecule has 0 aliphatic rings. The first-order valence-corrected chi connectivity index (χ1v) is 8.79. The number of fused-ring (bicyclic) bond motifs is 1. The zero-order valence-electron chi connectivity index (χ0n) is 13.9. The van der Waals surface area contributed by atoms with Crippen molar-refractivity contribution in [2.45, 2.75) is 7.43 Å². The highest BCUT2D eigenvalue weighted by molar-refractivity contribution is 9.10. The fourth-order valence-corrected chi connectivity index (χ4v) is 3.05. The van der Waals surface area contributed by atoms with Crippen molar-refractivity contribution in [3.8, 4) is 11.5 Å². The predicted molar refractivity (Wildman–Crippen MR) is 114 cm³/mol. The van der Waals surface area contributed by atoms with Crippen molar-refractivity contribution in [3.63, 3.8) is 0 Å². The fraction of sp³-hybridized carbons (Fsp3) is 0.167. The lowest BCUT2D eigenvalue weighted by atomic mass is 10.2. The molecule has 0 unspecified atom stereocenters. The standard InChI is InChI=1S/C9H7BrN2O2.C8H8BrNO2.CH4/c1-14-7-3-6(10)2-5-4-11-9(13)12-8(5)7;1-12-7-3-6(9)2-5(4-11)8(7)10;/h2-4H,1H3,(H,11,12,13);2-4H,10H2,1H3;1H4. The Kier molecular flexibility index (Phi) is 8.45. The highest BCUT2D eigenvalue weighted by Gasteiger charge is 2.06. The lowest BCUT2D eigenvalue weighted by Gasteiger charge is -2.06. The van der Waals surface area contributed by atoms with E-state index < -0.39 is 0 Å². The van der Waals surface area contributed by atoms with Gasteiger partial charge in [0.2, 0.25) is 0 Å². The minimum atomic E-state index is -0.377. The summed E-state index contributed by atoms with van der Waals surface area (Å²) in [5.41, 5.74) is 6.68. The predicted octanol–water partition coefficient (Wildman–Crippen LogP) is 4.18. The van der Waals surface area contributed by atoms with E-state index >= 15 is 0 Å². The van der Waals surface area contributed by atoms with Gasteiger partial charge in [-0.15, -0.1) is 0 Å². The highest BCUT2D eigenvalue weighted by atomic mass is 79.9. The van der Waals surface area contributed by atoms with Gasteiger partial charge in [-0.3, -0.25) is 4.79 Å². The molecule has 0 bridgehead atoms. The number of aromatic nitrogens is 2. The van der Waals surface area contributed by atoms with Crippen molar-refractivity contribution >= 4 is 54.7 Å². The number of hydrogen-bond acceptors (Lipinski definition) is 6. The quantitative estimate of drug-likeness (QED) is 0.412. The molecule has 27 heavy (non-hydrogen) atoms. The molecule has 0 saturated carbocycles. The Balaban J connectivity index is 0.000000264. The zero-order chi connectivity index (χ0) is 19.3. The molecule has 3 rings (SSSR count). The molecule has 2 aromatic carbocycles. The fourth-order valence-electron chi connectivity index (χ4n) is 2.15. The Bertz CT molecular complexity index is 1010. The third-order valence-corrected chi connectivity index (χ3v) is 4.27. The minimum Gasteiger partial charge on any atom is -0.495 e. The number of carbonyl (C=O) groups is 1. The highest BCUT2D eigenvalue weighted by Crippen LogP contribution is 2.28. The normalized spacial score (nSPS) is 9.63. The molecule has 3 aromatic rings. The molecule has 0 atom stereocenters. The largest absolute Gasteiger partial charge is 0.495 e. The molecule has 0 aliphatic carbocycles. The summed E-state index contributed by atoms with van der Waals surface area (Å²) < 4.78 is 11.7. The number of nitrogens with two attached hydrogens (primary N) is 1. The molecule has 0 aliphatic heterocycles. The number of nitrogen functional groups attached to an aromatic ring is 1. The van der Waals surface area contributed by atoms with Crippen LogP contribution in [0.3, 0.4) is 0 Å². The van der Waals surface area contributed by atoms with Crippen LogP contribution in [-0.4, -0.2) is 30.5 Å². The van der Waals surface area contributed by atoms with Crippen molar-refractivity contribution in [1.29, 1.82) is 0 Å². The van der Waals surface area contributed by atoms with Crippen LogP contribution in [-0.2, 0) is 0 Å². The van der Waals surface area contributed by atoms with Gasteiger partial charge in [-0.25, -0.2) is 9.78 Å². The second-order valence-corrected chi connectivity index (χ2v) is 6.82. The maximum atomic E-state index is 11.0. The number of aromatic amines is 1.